The van der Waals surface area contributed by atoms with Gasteiger partial charge in [0.1, 0.15) is 11.6 Å². The number of nitrogens with one attached hydrogen (secondary N) is 2. The molecule has 1 heterocycles. The third kappa shape index (κ3) is 4.95. The first-order valence-electron chi connectivity index (χ1n) is 8.59. The molecule has 1 amide bonds. The lowest BCUT2D eigenvalue weighted by Crippen LogP contribution is -2.30. The Morgan fingerprint density at radius 1 is 1.15 bits per heavy atom. The average Bonchev–Trinajstić information content (AvgIpc) is 2.65. The second kappa shape index (κ2) is 8.22. The zero-order chi connectivity index (χ0) is 19.4. The zero-order valence-corrected chi connectivity index (χ0v) is 16.0. The van der Waals surface area contributed by atoms with Gasteiger partial charge in [-0.1, -0.05) is 30.9 Å². The van der Waals surface area contributed by atoms with Gasteiger partial charge in [0, 0.05) is 17.4 Å². The molecule has 27 heavy (non-hydrogen) atoms. The van der Waals surface area contributed by atoms with Crippen LogP contribution in [0.4, 0.5) is 15.9 Å². The van der Waals surface area contributed by atoms with Crippen LogP contribution in [0.2, 0.25) is 5.02 Å². The van der Waals surface area contributed by atoms with Gasteiger partial charge in [-0.15, -0.1) is 0 Å². The van der Waals surface area contributed by atoms with Gasteiger partial charge in [0.05, 0.1) is 10.3 Å². The van der Waals surface area contributed by atoms with Crippen molar-refractivity contribution in [3.8, 4) is 0 Å². The van der Waals surface area contributed by atoms with E-state index in [0.717, 1.165) is 25.3 Å². The normalized spacial score (nSPS) is 15.3. The molecule has 0 saturated heterocycles. The van der Waals surface area contributed by atoms with Crippen molar-refractivity contribution in [2.75, 3.05) is 10.0 Å². The molecule has 0 aliphatic heterocycles. The van der Waals surface area contributed by atoms with Crippen LogP contribution in [0.3, 0.4) is 0 Å². The van der Waals surface area contributed by atoms with Crippen LogP contribution in [-0.2, 0) is 10.0 Å². The van der Waals surface area contributed by atoms with Gasteiger partial charge in [-0.05, 0) is 43.2 Å². The summed E-state index contributed by atoms with van der Waals surface area (Å²) >= 11 is 5.70. The van der Waals surface area contributed by atoms with Crippen LogP contribution in [0.15, 0.2) is 36.5 Å². The van der Waals surface area contributed by atoms with Gasteiger partial charge in [-0.25, -0.2) is 17.8 Å². The van der Waals surface area contributed by atoms with Crippen LogP contribution in [-0.4, -0.2) is 24.6 Å². The van der Waals surface area contributed by atoms with Crippen molar-refractivity contribution >= 4 is 39.0 Å². The molecule has 1 saturated carbocycles. The molecular formula is C18H19ClFN3O3S. The van der Waals surface area contributed by atoms with Crippen LogP contribution < -0.4 is 10.0 Å². The summed E-state index contributed by atoms with van der Waals surface area (Å²) in [6, 6.07) is 6.64. The maximum absolute atomic E-state index is 13.2. The lowest BCUT2D eigenvalue weighted by Gasteiger charge is -2.22. The van der Waals surface area contributed by atoms with E-state index >= 15 is 0 Å². The molecule has 2 aromatic rings. The van der Waals surface area contributed by atoms with Crippen molar-refractivity contribution in [1.82, 2.24) is 4.98 Å². The van der Waals surface area contributed by atoms with Crippen molar-refractivity contribution in [1.29, 1.82) is 0 Å². The SMILES string of the molecule is O=C(Nc1ccc(F)c(Cl)c1)c1ccnc(NS(=O)(=O)C2CCCCC2)c1. The summed E-state index contributed by atoms with van der Waals surface area (Å²) in [6.07, 6.45) is 5.43. The van der Waals surface area contributed by atoms with Gasteiger partial charge in [0.2, 0.25) is 10.0 Å². The molecule has 0 unspecified atom stereocenters. The number of benzene rings is 1. The van der Waals surface area contributed by atoms with Crippen LogP contribution >= 0.6 is 11.6 Å². The Labute approximate surface area is 162 Å². The van der Waals surface area contributed by atoms with E-state index in [2.05, 4.69) is 15.0 Å². The average molecular weight is 412 g/mol. The number of sulfonamides is 1. The molecule has 144 valence electrons. The highest BCUT2D eigenvalue weighted by molar-refractivity contribution is 7.93. The summed E-state index contributed by atoms with van der Waals surface area (Å²) < 4.78 is 40.7. The number of anilines is 2. The third-order valence-electron chi connectivity index (χ3n) is 4.44. The van der Waals surface area contributed by atoms with E-state index in [1.54, 1.807) is 0 Å². The van der Waals surface area contributed by atoms with E-state index in [-0.39, 0.29) is 16.4 Å². The van der Waals surface area contributed by atoms with Crippen molar-refractivity contribution in [2.45, 2.75) is 37.4 Å². The Bertz CT molecular complexity index is 947. The molecule has 1 aliphatic rings. The fourth-order valence-corrected chi connectivity index (χ4v) is 4.71. The molecule has 1 aromatic heterocycles. The van der Waals surface area contributed by atoms with Gasteiger partial charge >= 0.3 is 0 Å². The number of rotatable bonds is 5. The smallest absolute Gasteiger partial charge is 0.255 e. The van der Waals surface area contributed by atoms with Crippen molar-refractivity contribution < 1.29 is 17.6 Å². The molecule has 9 heteroatoms. The summed E-state index contributed by atoms with van der Waals surface area (Å²) in [7, 11) is -3.55. The minimum absolute atomic E-state index is 0.0883. The quantitative estimate of drug-likeness (QED) is 0.771. The van der Waals surface area contributed by atoms with E-state index in [0.29, 0.717) is 18.5 Å². The van der Waals surface area contributed by atoms with E-state index < -0.39 is 27.0 Å². The summed E-state index contributed by atoms with van der Waals surface area (Å²) in [5.41, 5.74) is 0.541. The van der Waals surface area contributed by atoms with E-state index in [4.69, 9.17) is 11.6 Å². The molecular weight excluding hydrogens is 393 g/mol. The van der Waals surface area contributed by atoms with Gasteiger partial charge in [0.25, 0.3) is 5.91 Å². The summed E-state index contributed by atoms with van der Waals surface area (Å²) in [6.45, 7) is 0. The number of halogens is 2. The minimum Gasteiger partial charge on any atom is -0.322 e. The lowest BCUT2D eigenvalue weighted by molar-refractivity contribution is 0.102. The molecule has 3 rings (SSSR count). The number of pyridine rings is 1. The van der Waals surface area contributed by atoms with Crippen LogP contribution in [0, 0.1) is 5.82 Å². The Kier molecular flexibility index (Phi) is 5.96. The maximum atomic E-state index is 13.2. The van der Waals surface area contributed by atoms with E-state index in [1.807, 2.05) is 0 Å². The fraction of sp³-hybridized carbons (Fsp3) is 0.333. The highest BCUT2D eigenvalue weighted by atomic mass is 35.5. The molecule has 6 nitrogen and oxygen atoms in total. The second-order valence-corrected chi connectivity index (χ2v) is 8.79. The van der Waals surface area contributed by atoms with E-state index in [1.165, 1.54) is 30.5 Å². The first kappa shape index (κ1) is 19.6. The topological polar surface area (TPSA) is 88.2 Å². The molecule has 0 radical (unpaired) electrons. The van der Waals surface area contributed by atoms with Crippen molar-refractivity contribution in [2.24, 2.45) is 0 Å². The molecule has 0 spiro atoms. The second-order valence-electron chi connectivity index (χ2n) is 6.42. The zero-order valence-electron chi connectivity index (χ0n) is 14.4. The molecule has 1 aromatic carbocycles. The van der Waals surface area contributed by atoms with Crippen LogP contribution in [0.25, 0.3) is 0 Å². The Morgan fingerprint density at radius 2 is 1.89 bits per heavy atom. The number of nitrogens with zero attached hydrogens (tertiary/aromatic N) is 1. The van der Waals surface area contributed by atoms with Gasteiger partial charge < -0.3 is 5.32 Å². The number of hydrogen-bond donors (Lipinski definition) is 2. The monoisotopic (exact) mass is 411 g/mol. The summed E-state index contributed by atoms with van der Waals surface area (Å²) in [5, 5.41) is 2.04. The molecule has 0 bridgehead atoms. The molecule has 2 N–H and O–H groups in total. The first-order valence-corrected chi connectivity index (χ1v) is 10.5. The standard InChI is InChI=1S/C18H19ClFN3O3S/c19-15-11-13(6-7-16(15)20)22-18(24)12-8-9-21-17(10-12)23-27(25,26)14-4-2-1-3-5-14/h6-11,14H,1-5H2,(H,21,23)(H,22,24). The number of carbonyl (C=O) groups excluding carboxylic acids is 1. The van der Waals surface area contributed by atoms with Crippen LogP contribution in [0.1, 0.15) is 42.5 Å². The number of hydrogen-bond acceptors (Lipinski definition) is 4. The molecule has 0 atom stereocenters. The van der Waals surface area contributed by atoms with Crippen LogP contribution in [0.5, 0.6) is 0 Å². The Morgan fingerprint density at radius 3 is 2.59 bits per heavy atom. The number of carbonyl (C=O) groups is 1. The highest BCUT2D eigenvalue weighted by Crippen LogP contribution is 2.25. The van der Waals surface area contributed by atoms with Crippen molar-refractivity contribution in [3.05, 3.63) is 52.9 Å². The van der Waals surface area contributed by atoms with Gasteiger partial charge in [-0.3, -0.25) is 9.52 Å². The lowest BCUT2D eigenvalue weighted by atomic mass is 10.0. The summed E-state index contributed by atoms with van der Waals surface area (Å²) in [5.74, 6) is -0.985. The largest absolute Gasteiger partial charge is 0.322 e. The maximum Gasteiger partial charge on any atom is 0.255 e. The predicted molar refractivity (Wildman–Crippen MR) is 103 cm³/mol. The predicted octanol–water partition coefficient (Wildman–Crippen LogP) is 4.20. The minimum atomic E-state index is -3.55. The molecule has 1 aliphatic carbocycles. The first-order chi connectivity index (χ1) is 12.8. The van der Waals surface area contributed by atoms with Gasteiger partial charge in [0.15, 0.2) is 0 Å². The third-order valence-corrected chi connectivity index (χ3v) is 6.57. The number of aromatic nitrogens is 1. The number of amides is 1. The van der Waals surface area contributed by atoms with E-state index in [9.17, 15) is 17.6 Å². The summed E-state index contributed by atoms with van der Waals surface area (Å²) in [4.78, 5) is 16.4. The fourth-order valence-electron chi connectivity index (χ4n) is 3.01. The molecule has 1 fully saturated rings. The van der Waals surface area contributed by atoms with Gasteiger partial charge in [-0.2, -0.15) is 0 Å². The Balaban J connectivity index is 1.72. The Hall–Kier alpha value is -2.19. The van der Waals surface area contributed by atoms with Crippen molar-refractivity contribution in [3.63, 3.8) is 0 Å². The highest BCUT2D eigenvalue weighted by Gasteiger charge is 2.27.